The quantitative estimate of drug-likeness (QED) is 0.353. The third kappa shape index (κ3) is 5.64. The number of ether oxygens (including phenoxy) is 1. The molecular weight excluding hydrogens is 510 g/mol. The van der Waals surface area contributed by atoms with Crippen LogP contribution in [0.1, 0.15) is 93.7 Å². The van der Waals surface area contributed by atoms with Gasteiger partial charge in [0.2, 0.25) is 0 Å². The van der Waals surface area contributed by atoms with Crippen molar-refractivity contribution in [2.75, 3.05) is 0 Å². The molecule has 2 saturated heterocycles. The van der Waals surface area contributed by atoms with Crippen LogP contribution in [0.3, 0.4) is 0 Å². The topological polar surface area (TPSA) is 46.2 Å². The summed E-state index contributed by atoms with van der Waals surface area (Å²) in [5, 5.41) is 0. The van der Waals surface area contributed by atoms with Crippen molar-refractivity contribution in [2.45, 2.75) is 117 Å². The van der Waals surface area contributed by atoms with Crippen LogP contribution < -0.4 is 0 Å². The van der Waals surface area contributed by atoms with Crippen LogP contribution in [0.2, 0.25) is 0 Å². The van der Waals surface area contributed by atoms with Gasteiger partial charge in [0.1, 0.15) is 0 Å². The van der Waals surface area contributed by atoms with Crippen molar-refractivity contribution >= 4 is 25.4 Å². The highest BCUT2D eigenvalue weighted by molar-refractivity contribution is 6.64. The first-order valence-corrected chi connectivity index (χ1v) is 14.9. The van der Waals surface area contributed by atoms with Gasteiger partial charge in [-0.3, -0.25) is 0 Å². The lowest BCUT2D eigenvalue weighted by Crippen LogP contribution is -2.41. The number of hydrogen-bond acceptors (Lipinski definition) is 5. The Bertz CT molecular complexity index is 1300. The first-order chi connectivity index (χ1) is 18.9. The molecule has 0 spiro atoms. The summed E-state index contributed by atoms with van der Waals surface area (Å²) in [7, 11) is -1.18. The van der Waals surface area contributed by atoms with Crippen LogP contribution in [0.15, 0.2) is 71.6 Å². The zero-order chi connectivity index (χ0) is 30.0. The molecule has 0 unspecified atom stereocenters. The van der Waals surface area contributed by atoms with Crippen molar-refractivity contribution in [1.29, 1.82) is 0 Å². The molecule has 0 saturated carbocycles. The van der Waals surface area contributed by atoms with Gasteiger partial charge in [0, 0.05) is 6.42 Å². The van der Waals surface area contributed by atoms with Crippen molar-refractivity contribution in [3.63, 3.8) is 0 Å². The maximum atomic E-state index is 6.90. The summed E-state index contributed by atoms with van der Waals surface area (Å²) in [6, 6.07) is 21.0. The van der Waals surface area contributed by atoms with Gasteiger partial charge in [0.15, 0.2) is 0 Å². The van der Waals surface area contributed by atoms with E-state index in [9.17, 15) is 0 Å². The molecule has 218 valence electrons. The second kappa shape index (κ2) is 10.2. The fraction of sp³-hybridized carbons (Fsp3) is 0.529. The zero-order valence-electron chi connectivity index (χ0n) is 26.8. The van der Waals surface area contributed by atoms with Gasteiger partial charge in [0.25, 0.3) is 0 Å². The molecule has 1 aliphatic carbocycles. The molecule has 7 heteroatoms. The van der Waals surface area contributed by atoms with Gasteiger partial charge in [-0.2, -0.15) is 0 Å². The van der Waals surface area contributed by atoms with Crippen molar-refractivity contribution < 1.29 is 23.4 Å². The minimum Gasteiger partial charge on any atom is -0.399 e. The van der Waals surface area contributed by atoms with Crippen molar-refractivity contribution in [1.82, 2.24) is 0 Å². The lowest BCUT2D eigenvalue weighted by Gasteiger charge is -2.38. The number of hydrogen-bond donors (Lipinski definition) is 0. The molecule has 2 heterocycles. The van der Waals surface area contributed by atoms with E-state index in [-0.39, 0.29) is 6.10 Å². The van der Waals surface area contributed by atoms with Gasteiger partial charge in [-0.15, -0.1) is 0 Å². The van der Waals surface area contributed by atoms with Gasteiger partial charge in [-0.1, -0.05) is 60.7 Å². The minimum atomic E-state index is -0.600. The fourth-order valence-corrected chi connectivity index (χ4v) is 5.70. The van der Waals surface area contributed by atoms with Crippen molar-refractivity contribution in [3.8, 4) is 0 Å². The van der Waals surface area contributed by atoms with Crippen molar-refractivity contribution in [2.24, 2.45) is 0 Å². The van der Waals surface area contributed by atoms with E-state index in [2.05, 4.69) is 125 Å². The van der Waals surface area contributed by atoms with Gasteiger partial charge in [-0.25, -0.2) is 0 Å². The molecule has 0 N–H and O–H groups in total. The lowest BCUT2D eigenvalue weighted by atomic mass is 9.57. The van der Waals surface area contributed by atoms with Crippen LogP contribution in [-0.2, 0) is 23.4 Å². The molecule has 2 aromatic rings. The molecule has 0 radical (unpaired) electrons. The van der Waals surface area contributed by atoms with Gasteiger partial charge < -0.3 is 23.4 Å². The highest BCUT2D eigenvalue weighted by Gasteiger charge is 2.58. The van der Waals surface area contributed by atoms with Crippen molar-refractivity contribution in [3.05, 3.63) is 82.7 Å². The third-order valence-corrected chi connectivity index (χ3v) is 9.30. The molecule has 5 nitrogen and oxygen atoms in total. The van der Waals surface area contributed by atoms with Crippen LogP contribution in [0.5, 0.6) is 0 Å². The summed E-state index contributed by atoms with van der Waals surface area (Å²) in [5.41, 5.74) is 3.92. The Morgan fingerprint density at radius 2 is 1.05 bits per heavy atom. The number of benzene rings is 2. The zero-order valence-corrected chi connectivity index (χ0v) is 26.8. The van der Waals surface area contributed by atoms with Gasteiger partial charge >= 0.3 is 14.2 Å². The van der Waals surface area contributed by atoms with E-state index in [0.29, 0.717) is 6.42 Å². The summed E-state index contributed by atoms with van der Waals surface area (Å²) in [5.74, 6) is 0. The second-order valence-electron chi connectivity index (χ2n) is 14.6. The third-order valence-electron chi connectivity index (χ3n) is 9.30. The second-order valence-corrected chi connectivity index (χ2v) is 14.6. The average molecular weight is 556 g/mol. The Morgan fingerprint density at radius 3 is 1.49 bits per heavy atom. The highest BCUT2D eigenvalue weighted by Crippen LogP contribution is 2.51. The molecule has 5 rings (SSSR count). The Morgan fingerprint density at radius 1 is 0.634 bits per heavy atom. The lowest BCUT2D eigenvalue weighted by molar-refractivity contribution is -0.0392. The molecule has 2 aromatic carbocycles. The Kier molecular flexibility index (Phi) is 7.57. The molecule has 2 fully saturated rings. The monoisotopic (exact) mass is 556 g/mol. The molecule has 0 aromatic heterocycles. The fourth-order valence-electron chi connectivity index (χ4n) is 5.70. The predicted octanol–water partition coefficient (Wildman–Crippen LogP) is 7.74. The van der Waals surface area contributed by atoms with E-state index in [1.165, 1.54) is 0 Å². The first-order valence-electron chi connectivity index (χ1n) is 14.9. The molecule has 2 aliphatic heterocycles. The summed E-state index contributed by atoms with van der Waals surface area (Å²) in [6.45, 7) is 23.1. The van der Waals surface area contributed by atoms with Crippen LogP contribution >= 0.6 is 0 Å². The summed E-state index contributed by atoms with van der Waals surface area (Å²) >= 11 is 0. The largest absolute Gasteiger partial charge is 0.495 e. The van der Waals surface area contributed by atoms with Crippen LogP contribution in [0.25, 0.3) is 11.1 Å². The molecule has 0 amide bonds. The SMILES string of the molecule is CC(C)(C)O[C@H]1CC(c2ccccc2)=C(B2OC(C)(C)C(C)(C)O2)C(c2ccccc2)=C1B1OC(C)(C)C(C)(C)O1. The molecule has 0 bridgehead atoms. The Hall–Kier alpha value is -2.15. The van der Waals surface area contributed by atoms with Gasteiger partial charge in [-0.05, 0) is 109 Å². The normalized spacial score (nSPS) is 25.3. The minimum absolute atomic E-state index is 0.290. The summed E-state index contributed by atoms with van der Waals surface area (Å²) in [6.07, 6.45) is 0.345. The Labute approximate surface area is 247 Å². The molecular formula is C34H46B2O5. The van der Waals surface area contributed by atoms with E-state index in [4.69, 9.17) is 23.4 Å². The summed E-state index contributed by atoms with van der Waals surface area (Å²) < 4.78 is 34.0. The smallest absolute Gasteiger partial charge is 0.399 e. The van der Waals surface area contributed by atoms with Crippen LogP contribution in [0, 0.1) is 0 Å². The number of allylic oxidation sites excluding steroid dienone is 2. The maximum absolute atomic E-state index is 6.90. The van der Waals surface area contributed by atoms with E-state index in [0.717, 1.165) is 33.2 Å². The predicted molar refractivity (Wildman–Crippen MR) is 168 cm³/mol. The van der Waals surface area contributed by atoms with E-state index >= 15 is 0 Å². The molecule has 1 atom stereocenters. The maximum Gasteiger partial charge on any atom is 0.495 e. The average Bonchev–Trinajstić information content (AvgIpc) is 3.22. The van der Waals surface area contributed by atoms with Crippen LogP contribution in [-0.4, -0.2) is 48.3 Å². The van der Waals surface area contributed by atoms with E-state index in [1.54, 1.807) is 0 Å². The van der Waals surface area contributed by atoms with Crippen LogP contribution in [0.4, 0.5) is 0 Å². The number of rotatable bonds is 5. The Balaban J connectivity index is 1.84. The van der Waals surface area contributed by atoms with E-state index < -0.39 is 42.2 Å². The highest BCUT2D eigenvalue weighted by atomic mass is 16.7. The van der Waals surface area contributed by atoms with Gasteiger partial charge in [0.05, 0.1) is 34.1 Å². The first kappa shape index (κ1) is 30.3. The summed E-state index contributed by atoms with van der Waals surface area (Å²) in [4.78, 5) is 0. The molecule has 3 aliphatic rings. The standard InChI is InChI=1S/C34H46B2O5/c1-30(2,3)37-26-22-25(23-18-14-12-15-19-23)28(35-38-31(4,5)32(6,7)39-35)27(24-20-16-13-17-21-24)29(26)36-40-33(8,9)34(10,11)41-36/h12-21,26H,22H2,1-11H3/t26-/m0/s1. The molecule has 41 heavy (non-hydrogen) atoms. The van der Waals surface area contributed by atoms with E-state index in [1.807, 2.05) is 12.1 Å².